The van der Waals surface area contributed by atoms with Crippen LogP contribution in [0, 0.1) is 24.7 Å². The molecular weight excluding hydrogens is 659 g/mol. The first-order chi connectivity index (χ1) is 23.0. The van der Waals surface area contributed by atoms with Gasteiger partial charge in [-0.25, -0.2) is 4.79 Å². The molecule has 9 heteroatoms. The molecule has 0 aromatic heterocycles. The number of amides is 1. The van der Waals surface area contributed by atoms with Crippen LogP contribution in [-0.4, -0.2) is 43.3 Å². The molecule has 2 fully saturated rings. The molecule has 0 aliphatic heterocycles. The maximum atomic E-state index is 12.7. The topological polar surface area (TPSA) is 111 Å². The van der Waals surface area contributed by atoms with E-state index < -0.39 is 5.97 Å². The number of ether oxygens (including phenoxy) is 2. The number of carbonyl (C=O) groups is 2. The Morgan fingerprint density at radius 3 is 1.51 bits per heavy atom. The highest BCUT2D eigenvalue weighted by Gasteiger charge is 2.59. The highest BCUT2D eigenvalue weighted by molar-refractivity contribution is 6.31. The lowest BCUT2D eigenvalue weighted by Gasteiger charge is -2.10. The molecule has 4 N–H and O–H groups in total. The molecule has 0 radical (unpaired) electrons. The Morgan fingerprint density at radius 1 is 0.694 bits per heavy atom. The zero-order chi connectivity index (χ0) is 36.3. The summed E-state index contributed by atoms with van der Waals surface area (Å²) in [4.78, 5) is 23.3. The lowest BCUT2D eigenvalue weighted by molar-refractivity contribution is 0.0693. The van der Waals surface area contributed by atoms with Crippen molar-refractivity contribution >= 4 is 35.1 Å². The Bertz CT molecular complexity index is 1790. The molecule has 2 aliphatic rings. The van der Waals surface area contributed by atoms with E-state index in [1.165, 1.54) is 41.5 Å². The number of nitrogens with two attached hydrogens (primary N) is 1. The molecule has 0 bridgehead atoms. The van der Waals surface area contributed by atoms with Gasteiger partial charge in [-0.3, -0.25) is 4.79 Å². The summed E-state index contributed by atoms with van der Waals surface area (Å²) in [5.74, 6) is 0.519. The third kappa shape index (κ3) is 8.77. The molecule has 0 unspecified atom stereocenters. The van der Waals surface area contributed by atoms with Crippen LogP contribution >= 0.6 is 23.2 Å². The maximum Gasteiger partial charge on any atom is 0.339 e. The van der Waals surface area contributed by atoms with E-state index in [9.17, 15) is 9.59 Å². The minimum Gasteiger partial charge on any atom is -0.496 e. The van der Waals surface area contributed by atoms with E-state index in [4.69, 9.17) is 43.5 Å². The molecule has 4 aromatic carbocycles. The van der Waals surface area contributed by atoms with E-state index in [2.05, 4.69) is 95.4 Å². The number of halogens is 2. The molecule has 260 valence electrons. The fourth-order valence-electron chi connectivity index (χ4n) is 6.32. The minimum absolute atomic E-state index is 0.0245. The van der Waals surface area contributed by atoms with Crippen molar-refractivity contribution in [2.45, 2.75) is 65.5 Å². The Balaban J connectivity index is 0.000000182. The average Bonchev–Trinajstić information content (AvgIpc) is 3.81. The van der Waals surface area contributed by atoms with Gasteiger partial charge < -0.3 is 25.6 Å². The first-order valence-electron chi connectivity index (χ1n) is 16.1. The van der Waals surface area contributed by atoms with E-state index >= 15 is 0 Å². The summed E-state index contributed by atoms with van der Waals surface area (Å²) < 4.78 is 10.1. The van der Waals surface area contributed by atoms with Crippen LogP contribution < -0.4 is 20.5 Å². The molecule has 0 spiro atoms. The smallest absolute Gasteiger partial charge is 0.339 e. The van der Waals surface area contributed by atoms with Gasteiger partial charge in [0.25, 0.3) is 5.91 Å². The van der Waals surface area contributed by atoms with Gasteiger partial charge in [0.15, 0.2) is 0 Å². The van der Waals surface area contributed by atoms with Crippen LogP contribution in [0.15, 0.2) is 84.9 Å². The number of hydrogen-bond acceptors (Lipinski definition) is 5. The third-order valence-corrected chi connectivity index (χ3v) is 10.2. The van der Waals surface area contributed by atoms with Gasteiger partial charge in [-0.15, -0.1) is 0 Å². The Labute approximate surface area is 299 Å². The normalized spacial score (nSPS) is 20.7. The number of methoxy groups -OCH3 is 2. The molecule has 7 nitrogen and oxygen atoms in total. The molecule has 0 heterocycles. The molecule has 2 saturated carbocycles. The molecule has 2 aliphatic carbocycles. The van der Waals surface area contributed by atoms with Gasteiger partial charge in [-0.2, -0.15) is 0 Å². The van der Waals surface area contributed by atoms with Crippen molar-refractivity contribution in [3.05, 3.63) is 128 Å². The van der Waals surface area contributed by atoms with Gasteiger partial charge in [0.2, 0.25) is 0 Å². The van der Waals surface area contributed by atoms with Crippen molar-refractivity contribution in [1.82, 2.24) is 5.32 Å². The number of nitrogens with one attached hydrogen (secondary N) is 1. The van der Waals surface area contributed by atoms with Gasteiger partial charge in [-0.1, -0.05) is 111 Å². The number of aromatic carboxylic acids is 1. The summed E-state index contributed by atoms with van der Waals surface area (Å²) in [7, 11) is 2.96. The second kappa shape index (κ2) is 15.2. The van der Waals surface area contributed by atoms with Gasteiger partial charge >= 0.3 is 5.97 Å². The summed E-state index contributed by atoms with van der Waals surface area (Å²) in [6.07, 6.45) is 0. The fraction of sp³-hybridized carbons (Fsp3) is 0.350. The van der Waals surface area contributed by atoms with Crippen molar-refractivity contribution in [2.24, 2.45) is 16.6 Å². The highest BCUT2D eigenvalue weighted by atomic mass is 35.5. The predicted molar refractivity (Wildman–Crippen MR) is 198 cm³/mol. The zero-order valence-electron chi connectivity index (χ0n) is 29.3. The second-order valence-electron chi connectivity index (χ2n) is 13.9. The van der Waals surface area contributed by atoms with Crippen LogP contribution in [0.25, 0.3) is 0 Å². The maximum absolute atomic E-state index is 12.7. The van der Waals surface area contributed by atoms with Gasteiger partial charge in [0.05, 0.1) is 19.8 Å². The molecular formula is C40H46Cl2N2O5. The van der Waals surface area contributed by atoms with Crippen LogP contribution in [0.4, 0.5) is 0 Å². The second-order valence-corrected chi connectivity index (χ2v) is 14.8. The summed E-state index contributed by atoms with van der Waals surface area (Å²) in [5.41, 5.74) is 12.1. The molecule has 1 amide bonds. The van der Waals surface area contributed by atoms with Crippen LogP contribution in [0.1, 0.15) is 82.5 Å². The average molecular weight is 706 g/mol. The SMILES string of the molecule is COc1ccc(Cl)cc1C(=O)N[C@@H]1[C@@H](c2ccc(C)cc2)C1(C)C.COc1ccc(Cl)cc1C(=O)O.Cc1ccc([C@@H]2[C@@H](N)C2(C)C)cc1. The molecule has 6 rings (SSSR count). The minimum atomic E-state index is -1.05. The summed E-state index contributed by atoms with van der Waals surface area (Å²) in [6.45, 7) is 13.0. The van der Waals surface area contributed by atoms with Crippen LogP contribution in [0.3, 0.4) is 0 Å². The van der Waals surface area contributed by atoms with Crippen molar-refractivity contribution in [1.29, 1.82) is 0 Å². The quantitative estimate of drug-likeness (QED) is 0.177. The zero-order valence-corrected chi connectivity index (χ0v) is 30.8. The van der Waals surface area contributed by atoms with Crippen molar-refractivity contribution in [2.75, 3.05) is 14.2 Å². The van der Waals surface area contributed by atoms with E-state index in [0.29, 0.717) is 50.4 Å². The Kier molecular flexibility index (Phi) is 11.7. The lowest BCUT2D eigenvalue weighted by Crippen LogP contribution is -2.29. The summed E-state index contributed by atoms with van der Waals surface area (Å²) in [6, 6.07) is 27.2. The van der Waals surface area contributed by atoms with Crippen molar-refractivity contribution < 1.29 is 24.2 Å². The Morgan fingerprint density at radius 2 is 1.10 bits per heavy atom. The number of carbonyl (C=O) groups excluding carboxylic acids is 1. The molecule has 4 atom stereocenters. The molecule has 49 heavy (non-hydrogen) atoms. The van der Waals surface area contributed by atoms with Crippen LogP contribution in [-0.2, 0) is 0 Å². The highest BCUT2D eigenvalue weighted by Crippen LogP contribution is 2.59. The van der Waals surface area contributed by atoms with Crippen molar-refractivity contribution in [3.8, 4) is 11.5 Å². The molecule has 0 saturated heterocycles. The number of hydrogen-bond donors (Lipinski definition) is 3. The first-order valence-corrected chi connectivity index (χ1v) is 16.9. The number of rotatable bonds is 7. The lowest BCUT2D eigenvalue weighted by atomic mass is 10.0. The first kappa shape index (κ1) is 37.8. The van der Waals surface area contributed by atoms with Crippen LogP contribution in [0.5, 0.6) is 11.5 Å². The number of benzene rings is 4. The predicted octanol–water partition coefficient (Wildman–Crippen LogP) is 9.07. The van der Waals surface area contributed by atoms with Gasteiger partial charge in [-0.05, 0) is 72.2 Å². The van der Waals surface area contributed by atoms with E-state index in [0.717, 1.165) is 0 Å². The number of carboxylic acid groups (broad SMARTS) is 1. The van der Waals surface area contributed by atoms with Crippen LogP contribution in [0.2, 0.25) is 10.0 Å². The third-order valence-electron chi connectivity index (χ3n) is 9.70. The standard InChI is InChI=1S/C20H22ClNO2.C12H17N.C8H7ClO3/c1-12-5-7-13(8-6-12)17-18(20(17,2)3)22-19(23)15-11-14(21)9-10-16(15)24-4;1-8-4-6-9(7-5-8)10-11(13)12(10,2)3;1-12-7-3-2-5(9)4-6(7)8(10)11/h5-11,17-18H,1-4H3,(H,22,23);4-7,10-11H,13H2,1-3H3;2-4H,1H3,(H,10,11)/t17-,18-;10-,11-;/m11./s1. The number of aryl methyl sites for hydroxylation is 2. The molecule has 4 aromatic rings. The number of carboxylic acids is 1. The Hall–Kier alpha value is -4.04. The van der Waals surface area contributed by atoms with E-state index in [1.54, 1.807) is 31.4 Å². The van der Waals surface area contributed by atoms with E-state index in [-0.39, 0.29) is 22.9 Å². The summed E-state index contributed by atoms with van der Waals surface area (Å²) in [5, 5.41) is 12.7. The van der Waals surface area contributed by atoms with Crippen molar-refractivity contribution in [3.63, 3.8) is 0 Å². The largest absolute Gasteiger partial charge is 0.496 e. The monoisotopic (exact) mass is 704 g/mol. The fourth-order valence-corrected chi connectivity index (χ4v) is 6.66. The summed E-state index contributed by atoms with van der Waals surface area (Å²) >= 11 is 11.6. The van der Waals surface area contributed by atoms with Gasteiger partial charge in [0.1, 0.15) is 17.1 Å². The van der Waals surface area contributed by atoms with Gasteiger partial charge in [0, 0.05) is 34.0 Å². The van der Waals surface area contributed by atoms with E-state index in [1.807, 2.05) is 0 Å².